The van der Waals surface area contributed by atoms with E-state index in [1.165, 1.54) is 4.90 Å². The van der Waals surface area contributed by atoms with E-state index >= 15 is 0 Å². The number of ether oxygens (including phenoxy) is 2. The third kappa shape index (κ3) is 4.96. The Kier molecular flexibility index (Phi) is 6.48. The van der Waals surface area contributed by atoms with Gasteiger partial charge >= 0.3 is 0 Å². The highest BCUT2D eigenvalue weighted by Gasteiger charge is 2.12. The standard InChI is InChI=1S/C14H21N3O4/c1-17(14(19)8-16-13(18)7-15)9-10-4-5-11(20-2)12(6-10)21-3/h4-6H,7-9,15H2,1-3H3,(H,16,18). The minimum Gasteiger partial charge on any atom is -0.493 e. The molecule has 1 rings (SSSR count). The summed E-state index contributed by atoms with van der Waals surface area (Å²) >= 11 is 0. The van der Waals surface area contributed by atoms with Gasteiger partial charge in [-0.15, -0.1) is 0 Å². The molecule has 7 heteroatoms. The minimum absolute atomic E-state index is 0.0696. The van der Waals surface area contributed by atoms with Crippen LogP contribution in [0.5, 0.6) is 11.5 Å². The van der Waals surface area contributed by atoms with Crippen LogP contribution in [0.25, 0.3) is 0 Å². The number of carbonyl (C=O) groups is 2. The van der Waals surface area contributed by atoms with Gasteiger partial charge in [-0.1, -0.05) is 6.07 Å². The van der Waals surface area contributed by atoms with Crippen molar-refractivity contribution in [1.82, 2.24) is 10.2 Å². The minimum atomic E-state index is -0.358. The SMILES string of the molecule is COc1ccc(CN(C)C(=O)CNC(=O)CN)cc1OC. The predicted molar refractivity (Wildman–Crippen MR) is 78.1 cm³/mol. The van der Waals surface area contributed by atoms with Crippen molar-refractivity contribution in [2.45, 2.75) is 6.54 Å². The Morgan fingerprint density at radius 1 is 1.24 bits per heavy atom. The second-order valence-corrected chi connectivity index (χ2v) is 4.42. The molecule has 0 saturated heterocycles. The predicted octanol–water partition coefficient (Wildman–Crippen LogP) is -0.263. The number of nitrogens with zero attached hydrogens (tertiary/aromatic N) is 1. The summed E-state index contributed by atoms with van der Waals surface area (Å²) in [5.41, 5.74) is 6.05. The maximum atomic E-state index is 11.9. The molecule has 0 fully saturated rings. The molecule has 3 N–H and O–H groups in total. The zero-order chi connectivity index (χ0) is 15.8. The summed E-state index contributed by atoms with van der Waals surface area (Å²) in [5.74, 6) is 0.673. The van der Waals surface area contributed by atoms with Crippen LogP contribution in [0, 0.1) is 0 Å². The molecule has 1 aromatic carbocycles. The Morgan fingerprint density at radius 3 is 2.48 bits per heavy atom. The molecular formula is C14H21N3O4. The molecule has 116 valence electrons. The molecule has 0 aliphatic carbocycles. The first kappa shape index (κ1) is 16.8. The molecule has 0 unspecified atom stereocenters. The first-order valence-electron chi connectivity index (χ1n) is 6.43. The zero-order valence-corrected chi connectivity index (χ0v) is 12.5. The Hall–Kier alpha value is -2.28. The lowest BCUT2D eigenvalue weighted by Crippen LogP contribution is -2.40. The molecule has 2 amide bonds. The van der Waals surface area contributed by atoms with Crippen molar-refractivity contribution in [3.63, 3.8) is 0 Å². The van der Waals surface area contributed by atoms with Gasteiger partial charge in [0, 0.05) is 13.6 Å². The van der Waals surface area contributed by atoms with Crippen molar-refractivity contribution in [1.29, 1.82) is 0 Å². The van der Waals surface area contributed by atoms with E-state index in [-0.39, 0.29) is 24.9 Å². The molecule has 0 aromatic heterocycles. The lowest BCUT2D eigenvalue weighted by molar-refractivity contribution is -0.131. The zero-order valence-electron chi connectivity index (χ0n) is 12.5. The number of likely N-dealkylation sites (N-methyl/N-ethyl adjacent to an activating group) is 1. The maximum absolute atomic E-state index is 11.9. The van der Waals surface area contributed by atoms with E-state index in [2.05, 4.69) is 5.32 Å². The molecule has 1 aromatic rings. The molecule has 0 bridgehead atoms. The van der Waals surface area contributed by atoms with E-state index in [1.54, 1.807) is 33.4 Å². The van der Waals surface area contributed by atoms with Crippen LogP contribution in [-0.2, 0) is 16.1 Å². The highest BCUT2D eigenvalue weighted by molar-refractivity contribution is 5.85. The van der Waals surface area contributed by atoms with Gasteiger partial charge in [0.15, 0.2) is 11.5 Å². The van der Waals surface area contributed by atoms with Gasteiger partial charge < -0.3 is 25.4 Å². The fourth-order valence-electron chi connectivity index (χ4n) is 1.72. The first-order chi connectivity index (χ1) is 10.0. The van der Waals surface area contributed by atoms with Crippen molar-refractivity contribution in [2.75, 3.05) is 34.4 Å². The summed E-state index contributed by atoms with van der Waals surface area (Å²) in [4.78, 5) is 24.4. The van der Waals surface area contributed by atoms with Gasteiger partial charge in [-0.25, -0.2) is 0 Å². The van der Waals surface area contributed by atoms with Crippen LogP contribution < -0.4 is 20.5 Å². The number of amides is 2. The number of hydrogen-bond donors (Lipinski definition) is 2. The van der Waals surface area contributed by atoms with Crippen LogP contribution in [0.1, 0.15) is 5.56 Å². The molecule has 0 radical (unpaired) electrons. The van der Waals surface area contributed by atoms with Crippen LogP contribution in [0.15, 0.2) is 18.2 Å². The third-order valence-corrected chi connectivity index (χ3v) is 2.92. The summed E-state index contributed by atoms with van der Waals surface area (Å²) < 4.78 is 10.4. The van der Waals surface area contributed by atoms with Crippen LogP contribution in [0.2, 0.25) is 0 Å². The summed E-state index contributed by atoms with van der Waals surface area (Å²) in [7, 11) is 4.78. The Balaban J connectivity index is 2.63. The number of hydrogen-bond acceptors (Lipinski definition) is 5. The molecule has 7 nitrogen and oxygen atoms in total. The van der Waals surface area contributed by atoms with Gasteiger partial charge in [-0.05, 0) is 17.7 Å². The van der Waals surface area contributed by atoms with Gasteiger partial charge in [0.2, 0.25) is 11.8 Å². The summed E-state index contributed by atoms with van der Waals surface area (Å²) in [6.07, 6.45) is 0. The van der Waals surface area contributed by atoms with Crippen molar-refractivity contribution >= 4 is 11.8 Å². The summed E-state index contributed by atoms with van der Waals surface area (Å²) in [6, 6.07) is 5.44. The van der Waals surface area contributed by atoms with Crippen molar-refractivity contribution in [3.05, 3.63) is 23.8 Å². The van der Waals surface area contributed by atoms with Crippen LogP contribution in [-0.4, -0.2) is 51.1 Å². The van der Waals surface area contributed by atoms with E-state index in [1.807, 2.05) is 6.07 Å². The Labute approximate surface area is 124 Å². The number of benzene rings is 1. The molecule has 0 saturated carbocycles. The van der Waals surface area contributed by atoms with Crippen molar-refractivity contribution in [3.8, 4) is 11.5 Å². The van der Waals surface area contributed by atoms with E-state index in [9.17, 15) is 9.59 Å². The van der Waals surface area contributed by atoms with Gasteiger partial charge in [0.25, 0.3) is 0 Å². The summed E-state index contributed by atoms with van der Waals surface area (Å²) in [5, 5.41) is 2.44. The van der Waals surface area contributed by atoms with Crippen LogP contribution in [0.4, 0.5) is 0 Å². The normalized spacial score (nSPS) is 9.90. The second kappa shape index (κ2) is 8.11. The lowest BCUT2D eigenvalue weighted by atomic mass is 10.2. The molecule has 0 atom stereocenters. The summed E-state index contributed by atoms with van der Waals surface area (Å²) in [6.45, 7) is 0.199. The first-order valence-corrected chi connectivity index (χ1v) is 6.43. The number of rotatable bonds is 7. The van der Waals surface area contributed by atoms with Crippen LogP contribution >= 0.6 is 0 Å². The molecule has 0 aliphatic heterocycles. The average Bonchev–Trinajstić information content (AvgIpc) is 2.51. The van der Waals surface area contributed by atoms with E-state index in [0.717, 1.165) is 5.56 Å². The molecule has 0 spiro atoms. The molecule has 0 heterocycles. The third-order valence-electron chi connectivity index (χ3n) is 2.92. The Morgan fingerprint density at radius 2 is 1.90 bits per heavy atom. The molecule has 0 aliphatic rings. The van der Waals surface area contributed by atoms with Gasteiger partial charge in [0.1, 0.15) is 0 Å². The number of carbonyl (C=O) groups excluding carboxylic acids is 2. The van der Waals surface area contributed by atoms with Gasteiger partial charge in [-0.2, -0.15) is 0 Å². The highest BCUT2D eigenvalue weighted by Crippen LogP contribution is 2.27. The fraction of sp³-hybridized carbons (Fsp3) is 0.429. The Bertz CT molecular complexity index is 505. The maximum Gasteiger partial charge on any atom is 0.242 e. The van der Waals surface area contributed by atoms with E-state index in [4.69, 9.17) is 15.2 Å². The van der Waals surface area contributed by atoms with Crippen molar-refractivity contribution in [2.24, 2.45) is 5.73 Å². The topological polar surface area (TPSA) is 93.9 Å². The van der Waals surface area contributed by atoms with Crippen LogP contribution in [0.3, 0.4) is 0 Å². The van der Waals surface area contributed by atoms with Gasteiger partial charge in [0.05, 0.1) is 27.3 Å². The quantitative estimate of drug-likeness (QED) is 0.722. The monoisotopic (exact) mass is 295 g/mol. The molecule has 21 heavy (non-hydrogen) atoms. The molecular weight excluding hydrogens is 274 g/mol. The highest BCUT2D eigenvalue weighted by atomic mass is 16.5. The van der Waals surface area contributed by atoms with E-state index in [0.29, 0.717) is 18.0 Å². The number of methoxy groups -OCH3 is 2. The second-order valence-electron chi connectivity index (χ2n) is 4.42. The average molecular weight is 295 g/mol. The smallest absolute Gasteiger partial charge is 0.242 e. The van der Waals surface area contributed by atoms with E-state index < -0.39 is 0 Å². The number of nitrogens with two attached hydrogens (primary N) is 1. The number of nitrogens with one attached hydrogen (secondary N) is 1. The fourth-order valence-corrected chi connectivity index (χ4v) is 1.72. The largest absolute Gasteiger partial charge is 0.493 e. The van der Waals surface area contributed by atoms with Gasteiger partial charge in [-0.3, -0.25) is 9.59 Å². The van der Waals surface area contributed by atoms with Crippen molar-refractivity contribution < 1.29 is 19.1 Å². The lowest BCUT2D eigenvalue weighted by Gasteiger charge is -2.18.